The number of halogens is 1. The number of methoxy groups -OCH3 is 1. The lowest BCUT2D eigenvalue weighted by molar-refractivity contribution is -0.885. The highest BCUT2D eigenvalue weighted by atomic mass is 79.9. The summed E-state index contributed by atoms with van der Waals surface area (Å²) in [7, 11) is 3.21. The van der Waals surface area contributed by atoms with Crippen LogP contribution < -0.4 is 19.6 Å². The molecule has 0 bridgehead atoms. The zero-order valence-electron chi connectivity index (χ0n) is 12.2. The summed E-state index contributed by atoms with van der Waals surface area (Å²) in [6.45, 7) is 0.615. The molecular weight excluding hydrogens is 350 g/mol. The van der Waals surface area contributed by atoms with Crippen LogP contribution in [0.1, 0.15) is 5.56 Å². The number of anilines is 1. The second-order valence-corrected chi connectivity index (χ2v) is 5.37. The summed E-state index contributed by atoms with van der Waals surface area (Å²) < 4.78 is 9.42. The van der Waals surface area contributed by atoms with Crippen molar-refractivity contribution in [2.24, 2.45) is 0 Å². The predicted octanol–water partition coefficient (Wildman–Crippen LogP) is 1.46. The highest BCUT2D eigenvalue weighted by Gasteiger charge is 2.11. The second-order valence-electron chi connectivity index (χ2n) is 4.52. The third-order valence-corrected chi connectivity index (χ3v) is 3.69. The average Bonchev–Trinajstić information content (AvgIpc) is 2.94. The Kier molecular flexibility index (Phi) is 4.10. The van der Waals surface area contributed by atoms with Crippen LogP contribution in [0.3, 0.4) is 0 Å². The quantitative estimate of drug-likeness (QED) is 0.694. The number of nitrogens with one attached hydrogen (secondary N) is 1. The largest absolute Gasteiger partial charge is 0.481 e. The van der Waals surface area contributed by atoms with Gasteiger partial charge in [-0.25, -0.2) is 0 Å². The molecule has 22 heavy (non-hydrogen) atoms. The van der Waals surface area contributed by atoms with Gasteiger partial charge in [0.1, 0.15) is 12.9 Å². The van der Waals surface area contributed by atoms with Crippen LogP contribution in [0, 0.1) is 0 Å². The van der Waals surface area contributed by atoms with Gasteiger partial charge >= 0.3 is 0 Å². The van der Waals surface area contributed by atoms with Crippen molar-refractivity contribution >= 4 is 27.4 Å². The molecule has 0 saturated carbocycles. The fourth-order valence-corrected chi connectivity index (χ4v) is 2.40. The van der Waals surface area contributed by atoms with E-state index >= 15 is 0 Å². The highest BCUT2D eigenvalue weighted by molar-refractivity contribution is 9.10. The molecule has 0 aliphatic rings. The lowest BCUT2D eigenvalue weighted by Crippen LogP contribution is -2.40. The van der Waals surface area contributed by atoms with E-state index in [4.69, 9.17) is 9.57 Å². The summed E-state index contributed by atoms with van der Waals surface area (Å²) in [6.07, 6.45) is 5.44. The Labute approximate surface area is 135 Å². The van der Waals surface area contributed by atoms with E-state index in [9.17, 15) is 0 Å². The molecular formula is C14H15BrN5O2+. The highest BCUT2D eigenvalue weighted by Crippen LogP contribution is 2.23. The van der Waals surface area contributed by atoms with Gasteiger partial charge in [0.15, 0.2) is 5.65 Å². The number of hydrogen-bond acceptors (Lipinski definition) is 5. The van der Waals surface area contributed by atoms with Crippen LogP contribution >= 0.6 is 15.9 Å². The van der Waals surface area contributed by atoms with Crippen molar-refractivity contribution in [2.45, 2.75) is 6.54 Å². The van der Waals surface area contributed by atoms with Crippen molar-refractivity contribution < 1.29 is 14.3 Å². The molecule has 1 N–H and O–H groups in total. The number of fused-ring (bicyclic) bond motifs is 1. The molecule has 3 heterocycles. The Morgan fingerprint density at radius 2 is 2.27 bits per heavy atom. The Morgan fingerprint density at radius 3 is 3.05 bits per heavy atom. The minimum absolute atomic E-state index is 0.524. The van der Waals surface area contributed by atoms with Gasteiger partial charge in [-0.2, -0.15) is 14.6 Å². The van der Waals surface area contributed by atoms with Crippen LogP contribution in [-0.4, -0.2) is 28.8 Å². The number of ether oxygens (including phenoxy) is 1. The van der Waals surface area contributed by atoms with Gasteiger partial charge in [0.25, 0.3) is 0 Å². The Morgan fingerprint density at radius 1 is 1.41 bits per heavy atom. The van der Waals surface area contributed by atoms with Crippen molar-refractivity contribution in [3.8, 4) is 5.88 Å². The molecule has 0 aliphatic heterocycles. The van der Waals surface area contributed by atoms with Crippen LogP contribution in [-0.2, 0) is 6.54 Å². The van der Waals surface area contributed by atoms with E-state index in [2.05, 4.69) is 31.3 Å². The van der Waals surface area contributed by atoms with Crippen molar-refractivity contribution in [1.29, 1.82) is 0 Å². The van der Waals surface area contributed by atoms with Gasteiger partial charge in [-0.3, -0.25) is 4.84 Å². The zero-order valence-corrected chi connectivity index (χ0v) is 13.7. The van der Waals surface area contributed by atoms with Gasteiger partial charge in [0, 0.05) is 29.0 Å². The Bertz CT molecular complexity index is 805. The minimum Gasteiger partial charge on any atom is -0.481 e. The van der Waals surface area contributed by atoms with E-state index < -0.39 is 0 Å². The second kappa shape index (κ2) is 6.18. The summed E-state index contributed by atoms with van der Waals surface area (Å²) >= 11 is 3.43. The molecule has 0 fully saturated rings. The molecule has 114 valence electrons. The number of aromatic nitrogens is 4. The first-order chi connectivity index (χ1) is 10.7. The molecule has 3 aromatic rings. The van der Waals surface area contributed by atoms with Crippen molar-refractivity contribution in [2.75, 3.05) is 19.5 Å². The molecule has 8 heteroatoms. The van der Waals surface area contributed by atoms with Crippen LogP contribution in [0.15, 0.2) is 41.3 Å². The number of nitrogens with zero attached hydrogens (tertiary/aromatic N) is 4. The predicted molar refractivity (Wildman–Crippen MR) is 83.7 cm³/mol. The first-order valence-electron chi connectivity index (χ1n) is 6.58. The van der Waals surface area contributed by atoms with Crippen molar-refractivity contribution in [3.05, 3.63) is 46.8 Å². The minimum atomic E-state index is 0.524. The maximum atomic E-state index is 5.24. The molecule has 3 rings (SSSR count). The Hall–Kier alpha value is -2.35. The van der Waals surface area contributed by atoms with Gasteiger partial charge < -0.3 is 10.1 Å². The number of hydrogen-bond donors (Lipinski definition) is 1. The standard InChI is InChI=1S/C14H15BrN5O2/c1-21-13-6-12(20-14(18-13)11(15)8-17-20)16-7-10-4-3-5-19(9-10)22-2/h3-6,8-9,16H,7H2,1-2H3/q+1. The summed E-state index contributed by atoms with van der Waals surface area (Å²) in [5, 5.41) is 7.63. The molecule has 3 aromatic heterocycles. The molecule has 0 aromatic carbocycles. The molecule has 0 radical (unpaired) electrons. The monoisotopic (exact) mass is 364 g/mol. The topological polar surface area (TPSA) is 64.6 Å². The molecule has 0 unspecified atom stereocenters. The van der Waals surface area contributed by atoms with E-state index in [0.717, 1.165) is 15.9 Å². The van der Waals surface area contributed by atoms with Crippen molar-refractivity contribution in [3.63, 3.8) is 0 Å². The normalized spacial score (nSPS) is 10.7. The van der Waals surface area contributed by atoms with Gasteiger partial charge in [-0.05, 0) is 22.0 Å². The zero-order chi connectivity index (χ0) is 15.5. The van der Waals surface area contributed by atoms with Crippen LogP contribution in [0.2, 0.25) is 0 Å². The van der Waals surface area contributed by atoms with Crippen molar-refractivity contribution in [1.82, 2.24) is 14.6 Å². The number of pyridine rings is 1. The third kappa shape index (κ3) is 2.82. The first kappa shape index (κ1) is 14.6. The maximum absolute atomic E-state index is 5.24. The van der Waals surface area contributed by atoms with Gasteiger partial charge in [-0.15, -0.1) is 0 Å². The van der Waals surface area contributed by atoms with Crippen LogP contribution in [0.4, 0.5) is 5.82 Å². The molecule has 0 amide bonds. The van der Waals surface area contributed by atoms with E-state index in [1.807, 2.05) is 24.5 Å². The summed E-state index contributed by atoms with van der Waals surface area (Å²) in [5.41, 5.74) is 1.77. The van der Waals surface area contributed by atoms with E-state index in [0.29, 0.717) is 18.1 Å². The van der Waals surface area contributed by atoms with Gasteiger partial charge in [0.2, 0.25) is 18.3 Å². The fourth-order valence-electron chi connectivity index (χ4n) is 2.06. The fraction of sp³-hybridized carbons (Fsp3) is 0.214. The summed E-state index contributed by atoms with van der Waals surface area (Å²) in [4.78, 5) is 9.52. The van der Waals surface area contributed by atoms with Crippen LogP contribution in [0.25, 0.3) is 5.65 Å². The van der Waals surface area contributed by atoms with E-state index in [1.54, 1.807) is 35.7 Å². The summed E-state index contributed by atoms with van der Waals surface area (Å²) in [6, 6.07) is 5.74. The molecule has 0 aliphatic carbocycles. The SMILES string of the molecule is COc1cc(NCc2ccc[n+](OC)c2)n2ncc(Br)c2n1. The molecule has 0 atom stereocenters. The Balaban J connectivity index is 1.89. The number of rotatable bonds is 5. The lowest BCUT2D eigenvalue weighted by atomic mass is 10.3. The van der Waals surface area contributed by atoms with Crippen LogP contribution in [0.5, 0.6) is 5.88 Å². The third-order valence-electron chi connectivity index (χ3n) is 3.14. The van der Waals surface area contributed by atoms with Gasteiger partial charge in [-0.1, -0.05) is 0 Å². The molecule has 0 spiro atoms. The average molecular weight is 365 g/mol. The summed E-state index contributed by atoms with van der Waals surface area (Å²) in [5.74, 6) is 1.32. The van der Waals surface area contributed by atoms with E-state index in [-0.39, 0.29) is 0 Å². The molecule has 0 saturated heterocycles. The maximum Gasteiger partial charge on any atom is 0.227 e. The smallest absolute Gasteiger partial charge is 0.227 e. The molecule has 7 nitrogen and oxygen atoms in total. The first-order valence-corrected chi connectivity index (χ1v) is 7.37. The van der Waals surface area contributed by atoms with E-state index in [1.165, 1.54) is 0 Å². The lowest BCUT2D eigenvalue weighted by Gasteiger charge is -2.09. The van der Waals surface area contributed by atoms with Gasteiger partial charge in [0.05, 0.1) is 17.8 Å².